The van der Waals surface area contributed by atoms with Crippen LogP contribution in [0.1, 0.15) is 70.3 Å². The number of hydrogen-bond acceptors (Lipinski definition) is 5. The van der Waals surface area contributed by atoms with E-state index in [1.54, 1.807) is 18.9 Å². The molecule has 1 heterocycles. The molecule has 6 nitrogen and oxygen atoms in total. The maximum atomic E-state index is 13.2. The highest BCUT2D eigenvalue weighted by Gasteiger charge is 2.49. The molecule has 1 saturated heterocycles. The molecule has 32 heavy (non-hydrogen) atoms. The average Bonchev–Trinajstić information content (AvgIpc) is 3.57. The molecule has 1 aromatic carbocycles. The summed E-state index contributed by atoms with van der Waals surface area (Å²) in [5, 5.41) is 21.5. The summed E-state index contributed by atoms with van der Waals surface area (Å²) in [6.07, 6.45) is 6.06. The molecule has 2 aliphatic carbocycles. The van der Waals surface area contributed by atoms with Crippen LogP contribution in [0.15, 0.2) is 18.2 Å². The molecule has 3 aliphatic rings. The summed E-state index contributed by atoms with van der Waals surface area (Å²) < 4.78 is 11.6. The number of hydrogen-bond donors (Lipinski definition) is 2. The Morgan fingerprint density at radius 1 is 1.16 bits per heavy atom. The second kappa shape index (κ2) is 9.60. The number of ether oxygens (including phenoxy) is 2. The van der Waals surface area contributed by atoms with Gasteiger partial charge in [0.2, 0.25) is 0 Å². The van der Waals surface area contributed by atoms with Crippen molar-refractivity contribution in [2.75, 3.05) is 26.8 Å². The fourth-order valence-corrected chi connectivity index (χ4v) is 5.45. The molecule has 0 bridgehead atoms. The van der Waals surface area contributed by atoms with Gasteiger partial charge in [0.05, 0.1) is 19.8 Å². The third-order valence-electron chi connectivity index (χ3n) is 8.11. The van der Waals surface area contributed by atoms with Crippen molar-refractivity contribution in [3.8, 4) is 11.5 Å². The largest absolute Gasteiger partial charge is 0.493 e. The lowest BCUT2D eigenvalue weighted by molar-refractivity contribution is -0.143. The second-order valence-corrected chi connectivity index (χ2v) is 10.5. The van der Waals surface area contributed by atoms with Gasteiger partial charge in [-0.3, -0.25) is 4.79 Å². The minimum Gasteiger partial charge on any atom is -0.493 e. The first-order valence-electron chi connectivity index (χ1n) is 12.3. The van der Waals surface area contributed by atoms with Gasteiger partial charge in [-0.25, -0.2) is 0 Å². The maximum absolute atomic E-state index is 13.2. The van der Waals surface area contributed by atoms with E-state index in [1.165, 1.54) is 19.3 Å². The Hall–Kier alpha value is -1.79. The van der Waals surface area contributed by atoms with Gasteiger partial charge >= 0.3 is 0 Å². The predicted octanol–water partition coefficient (Wildman–Crippen LogP) is 3.74. The smallest absolute Gasteiger partial charge is 0.251 e. The molecule has 2 N–H and O–H groups in total. The highest BCUT2D eigenvalue weighted by Crippen LogP contribution is 2.47. The van der Waals surface area contributed by atoms with Crippen molar-refractivity contribution in [1.82, 2.24) is 4.90 Å². The quantitative estimate of drug-likeness (QED) is 0.637. The summed E-state index contributed by atoms with van der Waals surface area (Å²) in [4.78, 5) is 15.0. The molecule has 2 saturated carbocycles. The normalized spacial score (nSPS) is 28.4. The zero-order valence-electron chi connectivity index (χ0n) is 19.8. The van der Waals surface area contributed by atoms with Crippen LogP contribution >= 0.6 is 0 Å². The van der Waals surface area contributed by atoms with Crippen LogP contribution in [0.4, 0.5) is 0 Å². The van der Waals surface area contributed by atoms with Crippen molar-refractivity contribution in [1.29, 1.82) is 0 Å². The first-order chi connectivity index (χ1) is 15.3. The lowest BCUT2D eigenvalue weighted by Gasteiger charge is -2.34. The molecule has 1 aliphatic heterocycles. The number of carbonyl (C=O) groups is 1. The van der Waals surface area contributed by atoms with Crippen LogP contribution in [0, 0.1) is 17.3 Å². The van der Waals surface area contributed by atoms with E-state index in [0.717, 1.165) is 37.0 Å². The van der Waals surface area contributed by atoms with Crippen molar-refractivity contribution < 1.29 is 24.5 Å². The van der Waals surface area contributed by atoms with E-state index < -0.39 is 17.6 Å². The summed E-state index contributed by atoms with van der Waals surface area (Å²) in [5.41, 5.74) is 0.520. The zero-order chi connectivity index (χ0) is 22.9. The van der Waals surface area contributed by atoms with Gasteiger partial charge in [-0.05, 0) is 62.1 Å². The lowest BCUT2D eigenvalue weighted by atomic mass is 9.72. The number of nitrogens with zero attached hydrogens (tertiary/aromatic N) is 1. The Bertz CT molecular complexity index is 801. The molecule has 1 unspecified atom stereocenters. The highest BCUT2D eigenvalue weighted by atomic mass is 16.5. The van der Waals surface area contributed by atoms with Gasteiger partial charge in [-0.2, -0.15) is 0 Å². The molecule has 0 spiro atoms. The van der Waals surface area contributed by atoms with Crippen molar-refractivity contribution in [3.05, 3.63) is 23.8 Å². The molecule has 1 aromatic rings. The van der Waals surface area contributed by atoms with Crippen LogP contribution in [0.5, 0.6) is 11.5 Å². The minimum absolute atomic E-state index is 0.0523. The second-order valence-electron chi connectivity index (χ2n) is 10.5. The number of likely N-dealkylation sites (tertiary alicyclic amines) is 1. The van der Waals surface area contributed by atoms with E-state index in [4.69, 9.17) is 9.47 Å². The highest BCUT2D eigenvalue weighted by molar-refractivity contribution is 5.81. The number of aliphatic hydroxyl groups is 2. The fourth-order valence-electron chi connectivity index (χ4n) is 5.45. The van der Waals surface area contributed by atoms with E-state index in [0.29, 0.717) is 31.4 Å². The zero-order valence-corrected chi connectivity index (χ0v) is 19.8. The van der Waals surface area contributed by atoms with Crippen molar-refractivity contribution in [2.45, 2.75) is 76.9 Å². The molecule has 0 radical (unpaired) electrons. The molecule has 4 atom stereocenters. The first-order valence-corrected chi connectivity index (χ1v) is 12.3. The summed E-state index contributed by atoms with van der Waals surface area (Å²) in [6.45, 7) is 5.45. The predicted molar refractivity (Wildman–Crippen MR) is 123 cm³/mol. The van der Waals surface area contributed by atoms with Crippen molar-refractivity contribution in [3.63, 3.8) is 0 Å². The van der Waals surface area contributed by atoms with E-state index >= 15 is 0 Å². The Balaban J connectivity index is 1.55. The van der Waals surface area contributed by atoms with Gasteiger partial charge in [-0.15, -0.1) is 0 Å². The molecule has 3 fully saturated rings. The summed E-state index contributed by atoms with van der Waals surface area (Å²) in [6, 6.07) is 5.94. The monoisotopic (exact) mass is 445 g/mol. The Labute approximate surface area is 191 Å². The number of benzene rings is 1. The van der Waals surface area contributed by atoms with Gasteiger partial charge in [0, 0.05) is 24.4 Å². The summed E-state index contributed by atoms with van der Waals surface area (Å²) >= 11 is 0. The number of carbonyl (C=O) groups excluding carboxylic acids is 1. The fraction of sp³-hybridized carbons (Fsp3) is 0.731. The van der Waals surface area contributed by atoms with Crippen LogP contribution in [0.3, 0.4) is 0 Å². The molecule has 4 rings (SSSR count). The topological polar surface area (TPSA) is 79.2 Å². The van der Waals surface area contributed by atoms with Crippen molar-refractivity contribution in [2.24, 2.45) is 17.3 Å². The Kier molecular flexibility index (Phi) is 7.01. The van der Waals surface area contributed by atoms with E-state index in [-0.39, 0.29) is 17.7 Å². The summed E-state index contributed by atoms with van der Waals surface area (Å²) in [7, 11) is 1.64. The van der Waals surface area contributed by atoms with Crippen LogP contribution in [-0.2, 0) is 4.79 Å². The van der Waals surface area contributed by atoms with E-state index in [9.17, 15) is 15.0 Å². The van der Waals surface area contributed by atoms with E-state index in [1.807, 2.05) is 25.1 Å². The van der Waals surface area contributed by atoms with Crippen LogP contribution < -0.4 is 9.47 Å². The molecular formula is C26H39NO5. The van der Waals surface area contributed by atoms with Gasteiger partial charge in [0.15, 0.2) is 11.5 Å². The third-order valence-corrected chi connectivity index (χ3v) is 8.11. The van der Waals surface area contributed by atoms with Crippen LogP contribution in [0.25, 0.3) is 0 Å². The molecule has 178 valence electrons. The minimum atomic E-state index is -0.944. The lowest BCUT2D eigenvalue weighted by Crippen LogP contribution is -2.44. The van der Waals surface area contributed by atoms with E-state index in [2.05, 4.69) is 0 Å². The standard InChI is InChI=1S/C26H39NO5/c1-17(28)26(2)16-27(25(30)24(29)19-7-5-4-6-8-19)14-21(26)20-11-12-22(31-3)23(13-20)32-15-18-9-10-18/h11-13,17-19,21,24,28-29H,4-10,14-16H2,1-3H3/t17?,21-,24+,26-/m0/s1. The average molecular weight is 446 g/mol. The Morgan fingerprint density at radius 2 is 1.88 bits per heavy atom. The first kappa shape index (κ1) is 23.4. The maximum Gasteiger partial charge on any atom is 0.251 e. The molecular weight excluding hydrogens is 406 g/mol. The molecule has 6 heteroatoms. The van der Waals surface area contributed by atoms with Gasteiger partial charge in [0.25, 0.3) is 5.91 Å². The third kappa shape index (κ3) is 4.76. The van der Waals surface area contributed by atoms with Gasteiger partial charge in [-0.1, -0.05) is 32.3 Å². The van der Waals surface area contributed by atoms with Gasteiger partial charge < -0.3 is 24.6 Å². The SMILES string of the molecule is COc1ccc([C@@H]2CN(C(=O)[C@H](O)C3CCCCC3)C[C@@]2(C)C(C)O)cc1OCC1CC1. The van der Waals surface area contributed by atoms with Crippen LogP contribution in [0.2, 0.25) is 0 Å². The number of aliphatic hydroxyl groups excluding tert-OH is 2. The van der Waals surface area contributed by atoms with Gasteiger partial charge in [0.1, 0.15) is 6.10 Å². The van der Waals surface area contributed by atoms with Crippen LogP contribution in [-0.4, -0.2) is 60.0 Å². The molecule has 0 aromatic heterocycles. The number of methoxy groups -OCH3 is 1. The summed E-state index contributed by atoms with van der Waals surface area (Å²) in [5.74, 6) is 1.86. The molecule has 1 amide bonds. The number of rotatable bonds is 8. The number of amides is 1. The Morgan fingerprint density at radius 3 is 2.50 bits per heavy atom. The van der Waals surface area contributed by atoms with Crippen molar-refractivity contribution >= 4 is 5.91 Å².